The summed E-state index contributed by atoms with van der Waals surface area (Å²) >= 11 is 3.45. The lowest BCUT2D eigenvalue weighted by molar-refractivity contribution is -0.138. The van der Waals surface area contributed by atoms with Crippen LogP contribution < -0.4 is 0 Å². The highest BCUT2D eigenvalue weighted by Gasteiger charge is 2.30. The zero-order valence-corrected chi connectivity index (χ0v) is 13.5. The van der Waals surface area contributed by atoms with Gasteiger partial charge in [0.05, 0.1) is 16.4 Å². The number of piperidine rings is 1. The van der Waals surface area contributed by atoms with Gasteiger partial charge in [0, 0.05) is 12.6 Å². The molecule has 19 heavy (non-hydrogen) atoms. The number of carbonyl (C=O) groups is 1. The van der Waals surface area contributed by atoms with Gasteiger partial charge in [-0.25, -0.2) is 0 Å². The molecule has 0 radical (unpaired) electrons. The van der Waals surface area contributed by atoms with Crippen LogP contribution in [0, 0.1) is 6.92 Å². The summed E-state index contributed by atoms with van der Waals surface area (Å²) in [5, 5.41) is 4.30. The minimum Gasteiger partial charge on any atom is -0.338 e. The Labute approximate surface area is 123 Å². The minimum absolute atomic E-state index is 0.199. The van der Waals surface area contributed by atoms with Crippen LogP contribution in [0.5, 0.6) is 0 Å². The Kier molecular flexibility index (Phi) is 4.66. The van der Waals surface area contributed by atoms with E-state index in [9.17, 15) is 4.79 Å². The predicted octanol–water partition coefficient (Wildman–Crippen LogP) is 3.31. The van der Waals surface area contributed by atoms with Gasteiger partial charge in [-0.05, 0) is 55.5 Å². The molecule has 0 aromatic carbocycles. The van der Waals surface area contributed by atoms with Crippen LogP contribution in [-0.4, -0.2) is 33.2 Å². The normalized spacial score (nSPS) is 21.5. The highest BCUT2D eigenvalue weighted by Crippen LogP contribution is 2.25. The molecule has 1 aromatic rings. The van der Waals surface area contributed by atoms with E-state index in [1.807, 2.05) is 18.5 Å². The Bertz CT molecular complexity index is 458. The van der Waals surface area contributed by atoms with E-state index in [1.165, 1.54) is 6.42 Å². The van der Waals surface area contributed by atoms with Crippen molar-refractivity contribution in [3.05, 3.63) is 16.4 Å². The summed E-state index contributed by atoms with van der Waals surface area (Å²) in [5.41, 5.74) is 1.01. The Morgan fingerprint density at radius 2 is 2.32 bits per heavy atom. The maximum absolute atomic E-state index is 12.7. The predicted molar refractivity (Wildman–Crippen MR) is 79.0 cm³/mol. The third kappa shape index (κ3) is 2.86. The molecule has 1 fully saturated rings. The van der Waals surface area contributed by atoms with Crippen molar-refractivity contribution in [3.63, 3.8) is 0 Å². The molecule has 0 N–H and O–H groups in total. The molecular formula is C14H22BrN3O. The molecule has 4 nitrogen and oxygen atoms in total. The van der Waals surface area contributed by atoms with Gasteiger partial charge in [-0.3, -0.25) is 9.48 Å². The first-order chi connectivity index (χ1) is 9.06. The SMILES string of the molecule is CCC1CCCCN1C(=O)C(C)n1ncc(Br)c1C. The fourth-order valence-corrected chi connectivity index (χ4v) is 3.13. The maximum atomic E-state index is 12.7. The van der Waals surface area contributed by atoms with Gasteiger partial charge in [-0.1, -0.05) is 6.92 Å². The largest absolute Gasteiger partial charge is 0.338 e. The molecule has 2 heterocycles. The van der Waals surface area contributed by atoms with Crippen LogP contribution in [0.15, 0.2) is 10.7 Å². The van der Waals surface area contributed by atoms with E-state index in [-0.39, 0.29) is 11.9 Å². The maximum Gasteiger partial charge on any atom is 0.247 e. The number of rotatable bonds is 3. The van der Waals surface area contributed by atoms with Gasteiger partial charge in [0.15, 0.2) is 0 Å². The van der Waals surface area contributed by atoms with Gasteiger partial charge >= 0.3 is 0 Å². The molecular weight excluding hydrogens is 306 g/mol. The number of nitrogens with zero attached hydrogens (tertiary/aromatic N) is 3. The summed E-state index contributed by atoms with van der Waals surface area (Å²) in [5.74, 6) is 0.199. The van der Waals surface area contributed by atoms with Crippen LogP contribution in [0.25, 0.3) is 0 Å². The van der Waals surface area contributed by atoms with Crippen molar-refractivity contribution in [1.29, 1.82) is 0 Å². The lowest BCUT2D eigenvalue weighted by Crippen LogP contribution is -2.46. The van der Waals surface area contributed by atoms with Gasteiger partial charge in [0.2, 0.25) is 5.91 Å². The van der Waals surface area contributed by atoms with E-state index in [0.29, 0.717) is 6.04 Å². The van der Waals surface area contributed by atoms with E-state index in [1.54, 1.807) is 6.20 Å². The van der Waals surface area contributed by atoms with Crippen LogP contribution in [0.2, 0.25) is 0 Å². The first-order valence-electron chi connectivity index (χ1n) is 7.06. The molecule has 1 aliphatic rings. The first kappa shape index (κ1) is 14.6. The van der Waals surface area contributed by atoms with Crippen LogP contribution in [0.1, 0.15) is 51.3 Å². The average molecular weight is 328 g/mol. The van der Waals surface area contributed by atoms with Crippen molar-refractivity contribution in [1.82, 2.24) is 14.7 Å². The van der Waals surface area contributed by atoms with Crippen molar-refractivity contribution in [2.45, 2.75) is 58.5 Å². The molecule has 1 aromatic heterocycles. The topological polar surface area (TPSA) is 38.1 Å². The second-order valence-electron chi connectivity index (χ2n) is 5.29. The van der Waals surface area contributed by atoms with Crippen LogP contribution in [-0.2, 0) is 4.79 Å². The number of aromatic nitrogens is 2. The molecule has 0 aliphatic carbocycles. The fraction of sp³-hybridized carbons (Fsp3) is 0.714. The third-order valence-electron chi connectivity index (χ3n) is 4.09. The van der Waals surface area contributed by atoms with Crippen LogP contribution >= 0.6 is 15.9 Å². The Hall–Kier alpha value is -0.840. The molecule has 2 atom stereocenters. The molecule has 0 bridgehead atoms. The monoisotopic (exact) mass is 327 g/mol. The lowest BCUT2D eigenvalue weighted by Gasteiger charge is -2.37. The number of hydrogen-bond acceptors (Lipinski definition) is 2. The van der Waals surface area contributed by atoms with Crippen LogP contribution in [0.4, 0.5) is 0 Å². The zero-order chi connectivity index (χ0) is 14.0. The zero-order valence-electron chi connectivity index (χ0n) is 11.9. The highest BCUT2D eigenvalue weighted by atomic mass is 79.9. The summed E-state index contributed by atoms with van der Waals surface area (Å²) in [7, 11) is 0. The van der Waals surface area contributed by atoms with Gasteiger partial charge in [0.1, 0.15) is 6.04 Å². The quantitative estimate of drug-likeness (QED) is 0.854. The van der Waals surface area contributed by atoms with E-state index in [4.69, 9.17) is 0 Å². The fourth-order valence-electron chi connectivity index (χ4n) is 2.85. The number of likely N-dealkylation sites (tertiary alicyclic amines) is 1. The second kappa shape index (κ2) is 6.07. The number of amides is 1. The van der Waals surface area contributed by atoms with Crippen molar-refractivity contribution in [3.8, 4) is 0 Å². The van der Waals surface area contributed by atoms with Crippen molar-refractivity contribution in [2.75, 3.05) is 6.54 Å². The standard InChI is InChI=1S/C14H22BrN3O/c1-4-12-7-5-6-8-17(12)14(19)11(3)18-10(2)13(15)9-16-18/h9,11-12H,4-8H2,1-3H3. The molecule has 1 aliphatic heterocycles. The van der Waals surface area contributed by atoms with Crippen LogP contribution in [0.3, 0.4) is 0 Å². The summed E-state index contributed by atoms with van der Waals surface area (Å²) < 4.78 is 2.77. The molecule has 0 saturated carbocycles. The Balaban J connectivity index is 2.16. The molecule has 1 saturated heterocycles. The number of halogens is 1. The highest BCUT2D eigenvalue weighted by molar-refractivity contribution is 9.10. The Morgan fingerprint density at radius 3 is 2.89 bits per heavy atom. The Morgan fingerprint density at radius 1 is 1.58 bits per heavy atom. The number of carbonyl (C=O) groups excluding carboxylic acids is 1. The second-order valence-corrected chi connectivity index (χ2v) is 6.14. The molecule has 106 valence electrons. The van der Waals surface area contributed by atoms with Crippen molar-refractivity contribution < 1.29 is 4.79 Å². The van der Waals surface area contributed by atoms with E-state index in [2.05, 4.69) is 32.9 Å². The molecule has 5 heteroatoms. The number of hydrogen-bond donors (Lipinski definition) is 0. The van der Waals surface area contributed by atoms with Gasteiger partial charge in [-0.2, -0.15) is 5.10 Å². The van der Waals surface area contributed by atoms with E-state index >= 15 is 0 Å². The average Bonchev–Trinajstić information content (AvgIpc) is 2.77. The van der Waals surface area contributed by atoms with Crippen molar-refractivity contribution >= 4 is 21.8 Å². The van der Waals surface area contributed by atoms with E-state index in [0.717, 1.165) is 36.0 Å². The summed E-state index contributed by atoms with van der Waals surface area (Å²) in [6, 6.07) is 0.182. The van der Waals surface area contributed by atoms with Gasteiger partial charge < -0.3 is 4.90 Å². The third-order valence-corrected chi connectivity index (χ3v) is 4.87. The lowest BCUT2D eigenvalue weighted by atomic mass is 9.99. The molecule has 1 amide bonds. The summed E-state index contributed by atoms with van der Waals surface area (Å²) in [6.45, 7) is 6.98. The van der Waals surface area contributed by atoms with E-state index < -0.39 is 0 Å². The van der Waals surface area contributed by atoms with Gasteiger partial charge in [-0.15, -0.1) is 0 Å². The molecule has 0 spiro atoms. The molecule has 2 unspecified atom stereocenters. The summed E-state index contributed by atoms with van der Waals surface area (Å²) in [6.07, 6.45) is 6.30. The molecule has 2 rings (SSSR count). The summed E-state index contributed by atoms with van der Waals surface area (Å²) in [4.78, 5) is 14.7. The van der Waals surface area contributed by atoms with Crippen molar-refractivity contribution in [2.24, 2.45) is 0 Å². The minimum atomic E-state index is -0.224. The smallest absolute Gasteiger partial charge is 0.247 e. The van der Waals surface area contributed by atoms with Gasteiger partial charge in [0.25, 0.3) is 0 Å². The first-order valence-corrected chi connectivity index (χ1v) is 7.85.